The fraction of sp³-hybridized carbons (Fsp3) is 0.414. The van der Waals surface area contributed by atoms with Crippen molar-refractivity contribution in [2.45, 2.75) is 138 Å². The van der Waals surface area contributed by atoms with E-state index < -0.39 is 63.5 Å². The van der Waals surface area contributed by atoms with Crippen LogP contribution >= 0.6 is 0 Å². The van der Waals surface area contributed by atoms with Gasteiger partial charge < -0.3 is 35.9 Å². The number of hydrogen-bond donors (Lipinski definition) is 5. The lowest BCUT2D eigenvalue weighted by molar-refractivity contribution is -0.138. The molecule has 1 amide bonds. The molecule has 10 rings (SSSR count). The number of aromatic nitrogens is 2. The molecule has 81 heavy (non-hydrogen) atoms. The Hall–Kier alpha value is -6.34. The Morgan fingerprint density at radius 3 is 1.52 bits per heavy atom. The Morgan fingerprint density at radius 2 is 1.05 bits per heavy atom. The summed E-state index contributed by atoms with van der Waals surface area (Å²) >= 11 is 0. The summed E-state index contributed by atoms with van der Waals surface area (Å²) in [6.07, 6.45) is 0.393. The van der Waals surface area contributed by atoms with Crippen molar-refractivity contribution in [3.63, 3.8) is 0 Å². The van der Waals surface area contributed by atoms with Crippen LogP contribution < -0.4 is 21.7 Å². The minimum absolute atomic E-state index is 0.0274. The number of aryl methyl sites for hydroxylation is 4. The van der Waals surface area contributed by atoms with Crippen LogP contribution in [-0.4, -0.2) is 90.1 Å². The molecule has 0 fully saturated rings. The van der Waals surface area contributed by atoms with Gasteiger partial charge in [0.15, 0.2) is 0 Å². The molecular weight excluding hydrogens is 1100 g/mol. The van der Waals surface area contributed by atoms with Crippen LogP contribution in [0.3, 0.4) is 0 Å². The second-order valence-corrected chi connectivity index (χ2v) is 24.7. The highest BCUT2D eigenvalue weighted by atomic mass is 32.2. The van der Waals surface area contributed by atoms with Gasteiger partial charge in [-0.1, -0.05) is 71.8 Å². The van der Waals surface area contributed by atoms with E-state index in [4.69, 9.17) is 5.73 Å². The standard InChI is InChI=1S/C29H33F3N4O3S.C16H18N2O4S.C13H17F3N2/c1-20-7-10-23(11-8-20)40(38,39)36-15-14-35-13-3-6-26(35)27(36)17-28(37)34-25-5-2-4-22-16-21(9-12-24(22)25)18-33-19-29(30,31)32;1-12-4-6-13(7-5-12)23(21,22)18-10-9-17-8-2-3-14(17)15(18)11-16(19)20;14-13(15,16)8-18-7-9-4-5-11-10(6-9)2-1-3-12(11)17/h3,6-13,16,25,27,33H,2,4-5,14-15,17-19H2,1H3,(H,34,37);2-8,15H,9-11H2,1H3,(H,19,20);4-6,12,18H,1-3,7-8,17H2/t25-,27?;;12-/m1.1/s1. The van der Waals surface area contributed by atoms with E-state index in [0.717, 1.165) is 83.2 Å². The number of rotatable bonds is 15. The fourth-order valence-corrected chi connectivity index (χ4v) is 14.2. The van der Waals surface area contributed by atoms with Gasteiger partial charge in [-0.25, -0.2) is 16.8 Å². The molecule has 2 aromatic heterocycles. The number of nitrogens with one attached hydrogen (secondary N) is 3. The maximum absolute atomic E-state index is 13.7. The minimum Gasteiger partial charge on any atom is -0.481 e. The Kier molecular flexibility index (Phi) is 19.4. The molecule has 4 aliphatic rings. The van der Waals surface area contributed by atoms with Gasteiger partial charge in [-0.3, -0.25) is 9.59 Å². The molecule has 2 aliphatic carbocycles. The van der Waals surface area contributed by atoms with Gasteiger partial charge >= 0.3 is 18.3 Å². The number of fused-ring (bicyclic) bond motifs is 4. The van der Waals surface area contributed by atoms with E-state index in [1.54, 1.807) is 60.7 Å². The van der Waals surface area contributed by atoms with E-state index >= 15 is 0 Å². The van der Waals surface area contributed by atoms with Crippen LogP contribution in [0, 0.1) is 13.8 Å². The monoisotopic (exact) mass is 1170 g/mol. The van der Waals surface area contributed by atoms with Gasteiger partial charge in [0.1, 0.15) is 0 Å². The maximum Gasteiger partial charge on any atom is 0.401 e. The number of carboxylic acids is 1. The topological polar surface area (TPSA) is 201 Å². The zero-order valence-electron chi connectivity index (χ0n) is 45.0. The van der Waals surface area contributed by atoms with Gasteiger partial charge in [0.25, 0.3) is 0 Å². The second-order valence-electron chi connectivity index (χ2n) is 21.0. The SMILES string of the molecule is Cc1ccc(S(=O)(=O)N2CCn3cccc3C2CC(=O)N[C@@H]2CCCc3cc(CNCC(F)(F)F)ccc32)cc1.Cc1ccc(S(=O)(=O)N2CCn3cccc3C2CC(=O)O)cc1.N[C@@H]1CCCc2cc(CNCC(F)(F)F)ccc21. The van der Waals surface area contributed by atoms with Crippen LogP contribution in [0.1, 0.15) is 119 Å². The molecule has 436 valence electrons. The normalized spacial score (nSPS) is 19.3. The minimum atomic E-state index is -4.27. The highest BCUT2D eigenvalue weighted by Gasteiger charge is 2.40. The molecule has 0 saturated carbocycles. The number of aliphatic carboxylic acids is 1. The molecule has 0 bridgehead atoms. The molecule has 0 saturated heterocycles. The zero-order chi connectivity index (χ0) is 58.3. The average molecular weight is 1170 g/mol. The maximum atomic E-state index is 13.7. The molecule has 15 nitrogen and oxygen atoms in total. The van der Waals surface area contributed by atoms with Crippen molar-refractivity contribution in [3.05, 3.63) is 177 Å². The van der Waals surface area contributed by atoms with E-state index in [2.05, 4.69) is 16.0 Å². The predicted molar refractivity (Wildman–Crippen MR) is 293 cm³/mol. The van der Waals surface area contributed by atoms with Crippen molar-refractivity contribution in [3.8, 4) is 0 Å². The number of halogens is 6. The number of carboxylic acid groups (broad SMARTS) is 1. The van der Waals surface area contributed by atoms with E-state index in [0.29, 0.717) is 18.8 Å². The average Bonchev–Trinajstić information content (AvgIpc) is 4.13. The third-order valence-electron chi connectivity index (χ3n) is 15.0. The number of alkyl halides is 6. The number of benzene rings is 4. The fourth-order valence-electron chi connectivity index (χ4n) is 11.0. The van der Waals surface area contributed by atoms with Crippen LogP contribution in [0.2, 0.25) is 0 Å². The molecule has 4 atom stereocenters. The highest BCUT2D eigenvalue weighted by Crippen LogP contribution is 2.37. The zero-order valence-corrected chi connectivity index (χ0v) is 46.7. The number of carbonyl (C=O) groups is 2. The number of nitrogens with two attached hydrogens (primary N) is 1. The molecular formula is C58H68F6N8O7S2. The first-order valence-electron chi connectivity index (χ1n) is 26.9. The van der Waals surface area contributed by atoms with Crippen LogP contribution in [-0.2, 0) is 68.7 Å². The Bertz CT molecular complexity index is 3370. The first-order chi connectivity index (χ1) is 38.4. The van der Waals surface area contributed by atoms with Crippen molar-refractivity contribution < 1.29 is 57.9 Å². The van der Waals surface area contributed by atoms with Crippen molar-refractivity contribution in [1.82, 2.24) is 33.7 Å². The second kappa shape index (κ2) is 25.8. The van der Waals surface area contributed by atoms with Crippen LogP contribution in [0.15, 0.2) is 131 Å². The Morgan fingerprint density at radius 1 is 0.605 bits per heavy atom. The molecule has 0 radical (unpaired) electrons. The first-order valence-corrected chi connectivity index (χ1v) is 29.8. The number of carbonyl (C=O) groups excluding carboxylic acids is 1. The van der Waals surface area contributed by atoms with Crippen LogP contribution in [0.25, 0.3) is 0 Å². The van der Waals surface area contributed by atoms with Crippen molar-refractivity contribution in [2.75, 3.05) is 26.2 Å². The summed E-state index contributed by atoms with van der Waals surface area (Å²) in [5.41, 5.74) is 15.3. The van der Waals surface area contributed by atoms with E-state index in [9.17, 15) is 57.9 Å². The van der Waals surface area contributed by atoms with Gasteiger partial charge in [0.05, 0.1) is 47.4 Å². The Labute approximate surface area is 468 Å². The lowest BCUT2D eigenvalue weighted by atomic mass is 9.86. The number of sulfonamides is 2. The quantitative estimate of drug-likeness (QED) is 0.0617. The molecule has 6 N–H and O–H groups in total. The summed E-state index contributed by atoms with van der Waals surface area (Å²) in [5, 5.41) is 17.1. The molecule has 23 heteroatoms. The van der Waals surface area contributed by atoms with E-state index in [1.807, 2.05) is 83.9 Å². The molecule has 2 aliphatic heterocycles. The Balaban J connectivity index is 0.000000177. The largest absolute Gasteiger partial charge is 0.481 e. The summed E-state index contributed by atoms with van der Waals surface area (Å²) in [7, 11) is -7.57. The highest BCUT2D eigenvalue weighted by molar-refractivity contribution is 7.89. The summed E-state index contributed by atoms with van der Waals surface area (Å²) in [6, 6.07) is 30.5. The summed E-state index contributed by atoms with van der Waals surface area (Å²) < 4.78 is 133. The number of hydrogen-bond acceptors (Lipinski definition) is 9. The van der Waals surface area contributed by atoms with Crippen LogP contribution in [0.5, 0.6) is 0 Å². The lowest BCUT2D eigenvalue weighted by Crippen LogP contribution is -2.44. The summed E-state index contributed by atoms with van der Waals surface area (Å²) in [5.74, 6) is -1.27. The third-order valence-corrected chi connectivity index (χ3v) is 18.8. The summed E-state index contributed by atoms with van der Waals surface area (Å²) in [4.78, 5) is 25.0. The lowest BCUT2D eigenvalue weighted by Gasteiger charge is -2.36. The van der Waals surface area contributed by atoms with Crippen LogP contribution in [0.4, 0.5) is 26.3 Å². The van der Waals surface area contributed by atoms with Gasteiger partial charge in [-0.05, 0) is 134 Å². The number of nitrogens with zero attached hydrogens (tertiary/aromatic N) is 4. The number of amides is 1. The molecule has 4 aromatic carbocycles. The van der Waals surface area contributed by atoms with Gasteiger partial charge in [-0.15, -0.1) is 0 Å². The van der Waals surface area contributed by atoms with Gasteiger partial charge in [0, 0.05) is 75.5 Å². The first kappa shape index (κ1) is 60.7. The van der Waals surface area contributed by atoms with Crippen molar-refractivity contribution >= 4 is 31.9 Å². The van der Waals surface area contributed by atoms with Crippen molar-refractivity contribution in [1.29, 1.82) is 0 Å². The van der Waals surface area contributed by atoms with E-state index in [-0.39, 0.29) is 66.8 Å². The third kappa shape index (κ3) is 15.6. The van der Waals surface area contributed by atoms with Crippen molar-refractivity contribution in [2.24, 2.45) is 5.73 Å². The molecule has 6 aromatic rings. The summed E-state index contributed by atoms with van der Waals surface area (Å²) in [6.45, 7) is 3.66. The molecule has 4 heterocycles. The smallest absolute Gasteiger partial charge is 0.401 e. The van der Waals surface area contributed by atoms with Gasteiger partial charge in [-0.2, -0.15) is 35.0 Å². The van der Waals surface area contributed by atoms with Gasteiger partial charge in [0.2, 0.25) is 26.0 Å². The van der Waals surface area contributed by atoms with E-state index in [1.165, 1.54) is 14.2 Å². The molecule has 2 unspecified atom stereocenters. The molecule has 0 spiro atoms. The predicted octanol–water partition coefficient (Wildman–Crippen LogP) is 9.47.